The Morgan fingerprint density at radius 3 is 3.00 bits per heavy atom. The molecule has 0 N–H and O–H groups in total. The van der Waals surface area contributed by atoms with Crippen molar-refractivity contribution in [3.05, 3.63) is 11.6 Å². The molecule has 1 heteroatoms. The molecular formula is C13H20O. The van der Waals surface area contributed by atoms with Crippen LogP contribution in [-0.4, -0.2) is 5.78 Å². The molecular weight excluding hydrogens is 172 g/mol. The number of hydrogen-bond donors (Lipinski definition) is 0. The van der Waals surface area contributed by atoms with Crippen molar-refractivity contribution in [1.29, 1.82) is 0 Å². The molecule has 0 spiro atoms. The van der Waals surface area contributed by atoms with E-state index < -0.39 is 0 Å². The summed E-state index contributed by atoms with van der Waals surface area (Å²) in [4.78, 5) is 11.3. The molecule has 1 nitrogen and oxygen atoms in total. The number of carbonyl (C=O) groups is 1. The van der Waals surface area contributed by atoms with E-state index in [9.17, 15) is 4.79 Å². The van der Waals surface area contributed by atoms with E-state index in [-0.39, 0.29) is 5.78 Å². The monoisotopic (exact) mass is 192 g/mol. The van der Waals surface area contributed by atoms with E-state index in [1.807, 2.05) is 0 Å². The molecule has 0 unspecified atom stereocenters. The summed E-state index contributed by atoms with van der Waals surface area (Å²) < 4.78 is 0. The molecule has 0 amide bonds. The predicted molar refractivity (Wildman–Crippen MR) is 58.1 cm³/mol. The Balaban J connectivity index is 2.17. The minimum absolute atomic E-state index is 0.289. The average molecular weight is 192 g/mol. The van der Waals surface area contributed by atoms with Crippen LogP contribution in [0.1, 0.15) is 52.4 Å². The molecule has 2 rings (SSSR count). The average Bonchev–Trinajstić information content (AvgIpc) is 2.16. The second-order valence-corrected chi connectivity index (χ2v) is 5.29. The zero-order valence-corrected chi connectivity index (χ0v) is 9.31. The third kappa shape index (κ3) is 1.65. The summed E-state index contributed by atoms with van der Waals surface area (Å²) in [7, 11) is 0. The van der Waals surface area contributed by atoms with Crippen molar-refractivity contribution in [2.45, 2.75) is 52.4 Å². The highest BCUT2D eigenvalue weighted by Crippen LogP contribution is 2.49. The van der Waals surface area contributed by atoms with Crippen LogP contribution in [0.15, 0.2) is 11.6 Å². The molecule has 0 aliphatic heterocycles. The maximum atomic E-state index is 11.3. The van der Waals surface area contributed by atoms with E-state index in [1.165, 1.54) is 25.7 Å². The van der Waals surface area contributed by atoms with Crippen molar-refractivity contribution in [3.63, 3.8) is 0 Å². The van der Waals surface area contributed by atoms with Crippen LogP contribution >= 0.6 is 0 Å². The van der Waals surface area contributed by atoms with Crippen molar-refractivity contribution in [1.82, 2.24) is 0 Å². The van der Waals surface area contributed by atoms with Gasteiger partial charge < -0.3 is 0 Å². The molecule has 2 aliphatic rings. The van der Waals surface area contributed by atoms with Crippen LogP contribution in [0.3, 0.4) is 0 Å². The Bertz CT molecular complexity index is 277. The fourth-order valence-corrected chi connectivity index (χ4v) is 3.08. The Hall–Kier alpha value is -0.590. The predicted octanol–water partition coefficient (Wildman–Crippen LogP) is 3.49. The topological polar surface area (TPSA) is 17.1 Å². The zero-order chi connectivity index (χ0) is 10.2. The maximum absolute atomic E-state index is 11.3. The molecule has 14 heavy (non-hydrogen) atoms. The number of ketones is 1. The summed E-state index contributed by atoms with van der Waals surface area (Å²) in [5.74, 6) is 1.07. The summed E-state index contributed by atoms with van der Waals surface area (Å²) in [6, 6.07) is 0. The van der Waals surface area contributed by atoms with Crippen LogP contribution < -0.4 is 0 Å². The smallest absolute Gasteiger partial charge is 0.155 e. The van der Waals surface area contributed by atoms with Gasteiger partial charge in [-0.2, -0.15) is 0 Å². The van der Waals surface area contributed by atoms with Gasteiger partial charge in [-0.25, -0.2) is 0 Å². The fourth-order valence-electron chi connectivity index (χ4n) is 3.08. The summed E-state index contributed by atoms with van der Waals surface area (Å²) in [5.41, 5.74) is 1.60. The Morgan fingerprint density at radius 1 is 1.50 bits per heavy atom. The number of Topliss-reactive ketones (excluding diaryl/α,β-unsaturated/α-hetero) is 1. The summed E-state index contributed by atoms with van der Waals surface area (Å²) in [6.07, 6.45) is 9.82. The lowest BCUT2D eigenvalue weighted by Crippen LogP contribution is -2.34. The molecule has 0 aromatic rings. The van der Waals surface area contributed by atoms with Gasteiger partial charge in [0.2, 0.25) is 0 Å². The van der Waals surface area contributed by atoms with Gasteiger partial charge >= 0.3 is 0 Å². The van der Waals surface area contributed by atoms with Gasteiger partial charge in [-0.05, 0) is 49.5 Å². The van der Waals surface area contributed by atoms with Gasteiger partial charge in [-0.3, -0.25) is 4.79 Å². The SMILES string of the molecule is CC(=O)C1=CC[C@@]2(C)CCCC[C@@H]2C1. The van der Waals surface area contributed by atoms with Crippen molar-refractivity contribution in [2.75, 3.05) is 0 Å². The van der Waals surface area contributed by atoms with Gasteiger partial charge in [0.05, 0.1) is 0 Å². The maximum Gasteiger partial charge on any atom is 0.155 e. The highest BCUT2D eigenvalue weighted by atomic mass is 16.1. The second kappa shape index (κ2) is 3.52. The molecule has 1 fully saturated rings. The van der Waals surface area contributed by atoms with Crippen molar-refractivity contribution in [3.8, 4) is 0 Å². The van der Waals surface area contributed by atoms with E-state index in [0.717, 1.165) is 24.3 Å². The molecule has 78 valence electrons. The van der Waals surface area contributed by atoms with Crippen LogP contribution in [0.5, 0.6) is 0 Å². The Kier molecular flexibility index (Phi) is 2.50. The van der Waals surface area contributed by atoms with Crippen LogP contribution in [-0.2, 0) is 4.79 Å². The number of fused-ring (bicyclic) bond motifs is 1. The Morgan fingerprint density at radius 2 is 2.29 bits per heavy atom. The molecule has 0 heterocycles. The van der Waals surface area contributed by atoms with E-state index in [2.05, 4.69) is 13.0 Å². The summed E-state index contributed by atoms with van der Waals surface area (Å²) in [6.45, 7) is 4.11. The third-order valence-electron chi connectivity index (χ3n) is 4.27. The quantitative estimate of drug-likeness (QED) is 0.621. The normalized spacial score (nSPS) is 37.3. The summed E-state index contributed by atoms with van der Waals surface area (Å²) in [5, 5.41) is 0. The number of rotatable bonds is 1. The van der Waals surface area contributed by atoms with Crippen LogP contribution in [0.2, 0.25) is 0 Å². The minimum atomic E-state index is 0.289. The van der Waals surface area contributed by atoms with E-state index in [1.54, 1.807) is 6.92 Å². The largest absolute Gasteiger partial charge is 0.295 e. The molecule has 0 saturated heterocycles. The number of carbonyl (C=O) groups excluding carboxylic acids is 1. The molecule has 2 atom stereocenters. The van der Waals surface area contributed by atoms with Gasteiger partial charge in [0, 0.05) is 0 Å². The van der Waals surface area contributed by atoms with Gasteiger partial charge in [0.15, 0.2) is 5.78 Å². The molecule has 0 aromatic carbocycles. The Labute approximate surface area is 86.6 Å². The van der Waals surface area contributed by atoms with Crippen LogP contribution in [0.25, 0.3) is 0 Å². The lowest BCUT2D eigenvalue weighted by Gasteiger charge is -2.44. The first kappa shape index (κ1) is 9.95. The molecule has 0 bridgehead atoms. The highest BCUT2D eigenvalue weighted by Gasteiger charge is 2.38. The lowest BCUT2D eigenvalue weighted by atomic mass is 9.61. The van der Waals surface area contributed by atoms with Gasteiger partial charge in [0.25, 0.3) is 0 Å². The van der Waals surface area contributed by atoms with Gasteiger partial charge in [-0.1, -0.05) is 25.8 Å². The lowest BCUT2D eigenvalue weighted by molar-refractivity contribution is -0.114. The minimum Gasteiger partial charge on any atom is -0.295 e. The van der Waals surface area contributed by atoms with Crippen LogP contribution in [0.4, 0.5) is 0 Å². The number of allylic oxidation sites excluding steroid dienone is 2. The number of hydrogen-bond acceptors (Lipinski definition) is 1. The van der Waals surface area contributed by atoms with Crippen molar-refractivity contribution in [2.24, 2.45) is 11.3 Å². The molecule has 0 radical (unpaired) electrons. The standard InChI is InChI=1S/C13H20O/c1-10(14)11-6-8-13(2)7-4-3-5-12(13)9-11/h6,12H,3-5,7-9H2,1-2H3/t12-,13-/m1/s1. The molecule has 2 aliphatic carbocycles. The highest BCUT2D eigenvalue weighted by molar-refractivity contribution is 5.93. The summed E-state index contributed by atoms with van der Waals surface area (Å²) >= 11 is 0. The van der Waals surface area contributed by atoms with Crippen molar-refractivity contribution < 1.29 is 4.79 Å². The first-order valence-corrected chi connectivity index (χ1v) is 5.82. The fraction of sp³-hybridized carbons (Fsp3) is 0.769. The first-order chi connectivity index (χ1) is 6.62. The van der Waals surface area contributed by atoms with E-state index in [0.29, 0.717) is 5.41 Å². The van der Waals surface area contributed by atoms with Crippen LogP contribution in [0, 0.1) is 11.3 Å². The zero-order valence-electron chi connectivity index (χ0n) is 9.31. The van der Waals surface area contributed by atoms with E-state index in [4.69, 9.17) is 0 Å². The molecule has 1 saturated carbocycles. The van der Waals surface area contributed by atoms with Gasteiger partial charge in [-0.15, -0.1) is 0 Å². The van der Waals surface area contributed by atoms with Crippen molar-refractivity contribution >= 4 is 5.78 Å². The molecule has 0 aromatic heterocycles. The second-order valence-electron chi connectivity index (χ2n) is 5.29. The first-order valence-electron chi connectivity index (χ1n) is 5.82. The van der Waals surface area contributed by atoms with Gasteiger partial charge in [0.1, 0.15) is 0 Å². The third-order valence-corrected chi connectivity index (χ3v) is 4.27. The van der Waals surface area contributed by atoms with E-state index >= 15 is 0 Å².